The highest BCUT2D eigenvalue weighted by Crippen LogP contribution is 2.57. The van der Waals surface area contributed by atoms with Crippen LogP contribution >= 0.6 is 11.3 Å². The van der Waals surface area contributed by atoms with E-state index in [-0.39, 0.29) is 30.3 Å². The number of carboxylic acid groups (broad SMARTS) is 1. The third-order valence-corrected chi connectivity index (χ3v) is 7.41. The molecule has 0 spiro atoms. The van der Waals surface area contributed by atoms with Crippen molar-refractivity contribution in [3.05, 3.63) is 27.7 Å². The van der Waals surface area contributed by atoms with Crippen LogP contribution in [-0.4, -0.2) is 29.6 Å². The number of carboxylic acids is 1. The molecule has 2 aliphatic rings. The molecule has 0 radical (unpaired) electrons. The number of rotatable bonds is 6. The van der Waals surface area contributed by atoms with Gasteiger partial charge >= 0.3 is 11.9 Å². The molecule has 7 heteroatoms. The lowest BCUT2D eigenvalue weighted by molar-refractivity contribution is -0.148. The molecule has 0 aromatic carbocycles. The fraction of sp³-hybridized carbons (Fsp3) is 0.591. The predicted molar refractivity (Wildman–Crippen MR) is 112 cm³/mol. The number of amides is 1. The maximum Gasteiger partial charge on any atom is 0.341 e. The maximum absolute atomic E-state index is 13.3. The van der Waals surface area contributed by atoms with Crippen LogP contribution in [0.1, 0.15) is 68.6 Å². The number of hydrogen-bond donors (Lipinski definition) is 2. The summed E-state index contributed by atoms with van der Waals surface area (Å²) in [5, 5.41) is 13.2. The first kappa shape index (κ1) is 21.6. The summed E-state index contributed by atoms with van der Waals surface area (Å²) in [7, 11) is 0. The standard InChI is InChI=1S/C22H29NO5S/c1-6-28-22(27)14-9-15(10(2)3)29-20(14)23-19(24)17-12-7-8-13(16(12)11(4)5)18(17)21(25)26/h9-10,12-13,17-18H,6-8H2,1-5H3,(H,23,24)(H,25,26)/t12-,13-,17-,18+/m1/s1. The van der Waals surface area contributed by atoms with Crippen LogP contribution in [0.5, 0.6) is 0 Å². The lowest BCUT2D eigenvalue weighted by Gasteiger charge is -2.26. The number of esters is 1. The zero-order chi connectivity index (χ0) is 21.5. The van der Waals surface area contributed by atoms with Crippen molar-refractivity contribution in [3.8, 4) is 0 Å². The molecule has 6 nitrogen and oxygen atoms in total. The Morgan fingerprint density at radius 2 is 1.83 bits per heavy atom. The third kappa shape index (κ3) is 3.84. The van der Waals surface area contributed by atoms with Gasteiger partial charge in [0.15, 0.2) is 0 Å². The SMILES string of the molecule is CCOC(=O)c1cc(C(C)C)sc1NC(=O)[C@H]1[C@@H](C(=O)O)[C@@H]2CC[C@@H]1C2=C(C)C. The number of ether oxygens (including phenoxy) is 1. The van der Waals surface area contributed by atoms with Gasteiger partial charge in [-0.15, -0.1) is 11.3 Å². The van der Waals surface area contributed by atoms with Gasteiger partial charge in [-0.05, 0) is 57.4 Å². The van der Waals surface area contributed by atoms with Gasteiger partial charge in [-0.2, -0.15) is 0 Å². The summed E-state index contributed by atoms with van der Waals surface area (Å²) >= 11 is 1.35. The highest BCUT2D eigenvalue weighted by Gasteiger charge is 2.57. The largest absolute Gasteiger partial charge is 0.481 e. The molecule has 2 fully saturated rings. The average Bonchev–Trinajstić information content (AvgIpc) is 3.32. The van der Waals surface area contributed by atoms with Crippen molar-refractivity contribution >= 4 is 34.2 Å². The second kappa shape index (κ2) is 8.30. The monoisotopic (exact) mass is 419 g/mol. The van der Waals surface area contributed by atoms with Crippen LogP contribution in [0.3, 0.4) is 0 Å². The van der Waals surface area contributed by atoms with Crippen molar-refractivity contribution in [1.82, 2.24) is 0 Å². The molecule has 1 aromatic rings. The summed E-state index contributed by atoms with van der Waals surface area (Å²) in [6.45, 7) is 10.0. The van der Waals surface area contributed by atoms with Crippen molar-refractivity contribution in [2.75, 3.05) is 11.9 Å². The highest BCUT2D eigenvalue weighted by molar-refractivity contribution is 7.16. The third-order valence-electron chi connectivity index (χ3n) is 6.06. The minimum atomic E-state index is -0.921. The number of allylic oxidation sites excluding steroid dienone is 2. The first-order valence-corrected chi connectivity index (χ1v) is 11.0. The van der Waals surface area contributed by atoms with E-state index in [4.69, 9.17) is 4.74 Å². The smallest absolute Gasteiger partial charge is 0.341 e. The molecule has 0 unspecified atom stereocenters. The fourth-order valence-corrected chi connectivity index (χ4v) is 6.00. The lowest BCUT2D eigenvalue weighted by Crippen LogP contribution is -2.37. The Bertz CT molecular complexity index is 865. The Kier molecular flexibility index (Phi) is 6.17. The minimum absolute atomic E-state index is 0.0401. The van der Waals surface area contributed by atoms with Gasteiger partial charge in [0, 0.05) is 4.88 Å². The normalized spacial score (nSPS) is 25.4. The lowest BCUT2D eigenvalue weighted by atomic mass is 9.79. The maximum atomic E-state index is 13.3. The number of carbonyl (C=O) groups is 3. The summed E-state index contributed by atoms with van der Waals surface area (Å²) in [5.41, 5.74) is 2.59. The van der Waals surface area contributed by atoms with Crippen molar-refractivity contribution in [2.45, 2.75) is 53.4 Å². The second-order valence-corrected chi connectivity index (χ2v) is 9.48. The Hall–Kier alpha value is -2.15. The number of hydrogen-bond acceptors (Lipinski definition) is 5. The molecule has 0 saturated heterocycles. The van der Waals surface area contributed by atoms with Crippen molar-refractivity contribution in [1.29, 1.82) is 0 Å². The number of nitrogens with one attached hydrogen (secondary N) is 1. The Morgan fingerprint density at radius 1 is 1.21 bits per heavy atom. The Balaban J connectivity index is 1.93. The van der Waals surface area contributed by atoms with E-state index in [9.17, 15) is 19.5 Å². The number of fused-ring (bicyclic) bond motifs is 2. The first-order valence-electron chi connectivity index (χ1n) is 10.2. The summed E-state index contributed by atoms with van der Waals surface area (Å²) in [6.07, 6.45) is 1.65. The van der Waals surface area contributed by atoms with Gasteiger partial charge < -0.3 is 15.2 Å². The molecular formula is C22H29NO5S. The average molecular weight is 420 g/mol. The van der Waals surface area contributed by atoms with E-state index in [1.807, 2.05) is 27.7 Å². The zero-order valence-corrected chi connectivity index (χ0v) is 18.4. The van der Waals surface area contributed by atoms with Gasteiger partial charge in [0.2, 0.25) is 5.91 Å². The number of aliphatic carboxylic acids is 1. The van der Waals surface area contributed by atoms with Gasteiger partial charge in [0.1, 0.15) is 5.00 Å². The predicted octanol–water partition coefficient (Wildman–Crippen LogP) is 4.68. The van der Waals surface area contributed by atoms with E-state index >= 15 is 0 Å². The molecule has 4 atom stereocenters. The topological polar surface area (TPSA) is 92.7 Å². The van der Waals surface area contributed by atoms with Gasteiger partial charge in [-0.1, -0.05) is 25.0 Å². The van der Waals surface area contributed by atoms with Crippen molar-refractivity contribution in [3.63, 3.8) is 0 Å². The molecule has 0 aliphatic heterocycles. The number of anilines is 1. The highest BCUT2D eigenvalue weighted by atomic mass is 32.1. The number of carbonyl (C=O) groups excluding carboxylic acids is 2. The van der Waals surface area contributed by atoms with Crippen LogP contribution in [-0.2, 0) is 14.3 Å². The minimum Gasteiger partial charge on any atom is -0.481 e. The van der Waals surface area contributed by atoms with E-state index in [1.54, 1.807) is 13.0 Å². The van der Waals surface area contributed by atoms with Crippen LogP contribution in [0.15, 0.2) is 17.2 Å². The fourth-order valence-electron chi connectivity index (χ4n) is 4.95. The summed E-state index contributed by atoms with van der Waals surface area (Å²) in [4.78, 5) is 38.6. The van der Waals surface area contributed by atoms with E-state index in [1.165, 1.54) is 11.3 Å². The Morgan fingerprint density at radius 3 is 2.34 bits per heavy atom. The van der Waals surface area contributed by atoms with E-state index < -0.39 is 23.8 Å². The van der Waals surface area contributed by atoms with Crippen LogP contribution in [0.4, 0.5) is 5.00 Å². The van der Waals surface area contributed by atoms with Crippen molar-refractivity contribution in [2.24, 2.45) is 23.7 Å². The quantitative estimate of drug-likeness (QED) is 0.516. The van der Waals surface area contributed by atoms with Crippen LogP contribution in [0.2, 0.25) is 0 Å². The molecule has 1 aromatic heterocycles. The Labute approximate surface area is 175 Å². The molecule has 29 heavy (non-hydrogen) atoms. The summed E-state index contributed by atoms with van der Waals surface area (Å²) in [6, 6.07) is 1.76. The first-order chi connectivity index (χ1) is 13.7. The molecule has 2 N–H and O–H groups in total. The van der Waals surface area contributed by atoms with Crippen LogP contribution < -0.4 is 5.32 Å². The van der Waals surface area contributed by atoms with Gasteiger partial charge in [-0.25, -0.2) is 4.79 Å². The summed E-state index contributed by atoms with van der Waals surface area (Å²) in [5.74, 6) is -2.95. The van der Waals surface area contributed by atoms with Gasteiger partial charge in [0.25, 0.3) is 0 Å². The van der Waals surface area contributed by atoms with Gasteiger partial charge in [0.05, 0.1) is 24.0 Å². The van der Waals surface area contributed by atoms with E-state index in [2.05, 4.69) is 5.32 Å². The van der Waals surface area contributed by atoms with E-state index in [0.717, 1.165) is 28.9 Å². The molecular weight excluding hydrogens is 390 g/mol. The molecule has 158 valence electrons. The molecule has 2 aliphatic carbocycles. The molecule has 2 saturated carbocycles. The zero-order valence-electron chi connectivity index (χ0n) is 17.6. The number of thiophene rings is 1. The molecule has 2 bridgehead atoms. The molecule has 3 rings (SSSR count). The second-order valence-electron chi connectivity index (χ2n) is 8.39. The molecule has 1 amide bonds. The van der Waals surface area contributed by atoms with Crippen LogP contribution in [0, 0.1) is 23.7 Å². The van der Waals surface area contributed by atoms with Gasteiger partial charge in [-0.3, -0.25) is 9.59 Å². The van der Waals surface area contributed by atoms with E-state index in [0.29, 0.717) is 10.6 Å². The van der Waals surface area contributed by atoms with Crippen LogP contribution in [0.25, 0.3) is 0 Å². The summed E-state index contributed by atoms with van der Waals surface area (Å²) < 4.78 is 5.14. The molecule has 1 heterocycles. The van der Waals surface area contributed by atoms with Crippen molar-refractivity contribution < 1.29 is 24.2 Å².